The number of carbonyl (C=O) groups is 1. The van der Waals surface area contributed by atoms with Crippen molar-refractivity contribution in [2.45, 2.75) is 6.54 Å². The van der Waals surface area contributed by atoms with Gasteiger partial charge < -0.3 is 16.0 Å². The molecule has 1 aromatic heterocycles. The highest BCUT2D eigenvalue weighted by Gasteiger charge is 2.05. The number of nitrogens with zero attached hydrogens (tertiary/aromatic N) is 1. The number of aromatic amines is 1. The molecule has 1 heterocycles. The molecule has 0 radical (unpaired) electrons. The molecule has 2 aromatic rings. The standard InChI is InChI=1S/C14H16N4O3/c15-12(19)9-16-6-7-18-13(20)8-11(17-14(18)21)10-4-2-1-3-5-10/h1-5,8,16H,6-7,9H2,(H2,15,19)(H,17,21). The smallest absolute Gasteiger partial charge is 0.328 e. The lowest BCUT2D eigenvalue weighted by Crippen LogP contribution is -2.39. The van der Waals surface area contributed by atoms with Crippen molar-refractivity contribution < 1.29 is 4.79 Å². The Labute approximate surface area is 120 Å². The first-order valence-electron chi connectivity index (χ1n) is 6.46. The molecule has 7 heteroatoms. The lowest BCUT2D eigenvalue weighted by Gasteiger charge is -2.07. The summed E-state index contributed by atoms with van der Waals surface area (Å²) >= 11 is 0. The van der Waals surface area contributed by atoms with Crippen molar-refractivity contribution in [3.63, 3.8) is 0 Å². The molecule has 0 aliphatic heterocycles. The zero-order valence-corrected chi connectivity index (χ0v) is 11.3. The van der Waals surface area contributed by atoms with Gasteiger partial charge in [-0.05, 0) is 5.56 Å². The summed E-state index contributed by atoms with van der Waals surface area (Å²) < 4.78 is 1.07. The average Bonchev–Trinajstić information content (AvgIpc) is 2.46. The first kappa shape index (κ1) is 14.7. The van der Waals surface area contributed by atoms with Gasteiger partial charge in [-0.25, -0.2) is 4.79 Å². The second-order valence-corrected chi connectivity index (χ2v) is 4.49. The van der Waals surface area contributed by atoms with E-state index in [-0.39, 0.29) is 13.1 Å². The SMILES string of the molecule is NC(=O)CNCCn1c(=O)cc(-c2ccccc2)[nH]c1=O. The summed E-state index contributed by atoms with van der Waals surface area (Å²) in [4.78, 5) is 37.2. The largest absolute Gasteiger partial charge is 0.369 e. The molecule has 0 bridgehead atoms. The van der Waals surface area contributed by atoms with Crippen LogP contribution in [0.4, 0.5) is 0 Å². The highest BCUT2D eigenvalue weighted by molar-refractivity contribution is 5.75. The van der Waals surface area contributed by atoms with E-state index in [1.165, 1.54) is 6.07 Å². The van der Waals surface area contributed by atoms with Crippen molar-refractivity contribution in [2.75, 3.05) is 13.1 Å². The maximum Gasteiger partial charge on any atom is 0.328 e. The second-order valence-electron chi connectivity index (χ2n) is 4.49. The third-order valence-corrected chi connectivity index (χ3v) is 2.92. The van der Waals surface area contributed by atoms with Gasteiger partial charge in [-0.2, -0.15) is 0 Å². The summed E-state index contributed by atoms with van der Waals surface area (Å²) in [5, 5.41) is 2.75. The van der Waals surface area contributed by atoms with Crippen LogP contribution < -0.4 is 22.3 Å². The number of rotatable bonds is 6. The van der Waals surface area contributed by atoms with Crippen molar-refractivity contribution in [1.29, 1.82) is 0 Å². The van der Waals surface area contributed by atoms with Gasteiger partial charge >= 0.3 is 5.69 Å². The number of aromatic nitrogens is 2. The lowest BCUT2D eigenvalue weighted by atomic mass is 10.1. The molecule has 7 nitrogen and oxygen atoms in total. The van der Waals surface area contributed by atoms with Gasteiger partial charge in [0, 0.05) is 19.2 Å². The molecule has 4 N–H and O–H groups in total. The van der Waals surface area contributed by atoms with E-state index in [1.807, 2.05) is 30.3 Å². The number of hydrogen-bond acceptors (Lipinski definition) is 4. The Balaban J connectivity index is 2.17. The van der Waals surface area contributed by atoms with Crippen molar-refractivity contribution in [3.8, 4) is 11.3 Å². The number of H-pyrrole nitrogens is 1. The first-order chi connectivity index (χ1) is 10.1. The van der Waals surface area contributed by atoms with Gasteiger partial charge in [0.2, 0.25) is 5.91 Å². The first-order valence-corrected chi connectivity index (χ1v) is 6.46. The van der Waals surface area contributed by atoms with Crippen LogP contribution in [0.15, 0.2) is 46.0 Å². The maximum atomic E-state index is 12.0. The molecular weight excluding hydrogens is 272 g/mol. The van der Waals surface area contributed by atoms with Gasteiger partial charge in [0.25, 0.3) is 5.56 Å². The van der Waals surface area contributed by atoms with E-state index in [1.54, 1.807) is 0 Å². The molecule has 0 aliphatic carbocycles. The summed E-state index contributed by atoms with van der Waals surface area (Å²) in [7, 11) is 0. The Morgan fingerprint density at radius 1 is 1.24 bits per heavy atom. The number of hydrogen-bond donors (Lipinski definition) is 3. The molecule has 0 unspecified atom stereocenters. The molecule has 0 spiro atoms. The molecule has 2 rings (SSSR count). The minimum Gasteiger partial charge on any atom is -0.369 e. The van der Waals surface area contributed by atoms with E-state index in [0.29, 0.717) is 12.2 Å². The predicted octanol–water partition coefficient (Wildman–Crippen LogP) is -0.721. The monoisotopic (exact) mass is 288 g/mol. The fourth-order valence-corrected chi connectivity index (χ4v) is 1.91. The van der Waals surface area contributed by atoms with Gasteiger partial charge in [-0.3, -0.25) is 14.2 Å². The highest BCUT2D eigenvalue weighted by Crippen LogP contribution is 2.12. The van der Waals surface area contributed by atoms with E-state index in [0.717, 1.165) is 10.1 Å². The molecule has 0 saturated heterocycles. The van der Waals surface area contributed by atoms with Crippen molar-refractivity contribution in [1.82, 2.24) is 14.9 Å². The van der Waals surface area contributed by atoms with Crippen LogP contribution in [-0.2, 0) is 11.3 Å². The summed E-state index contributed by atoms with van der Waals surface area (Å²) in [6.07, 6.45) is 0. The van der Waals surface area contributed by atoms with Gasteiger partial charge in [-0.1, -0.05) is 30.3 Å². The van der Waals surface area contributed by atoms with Crippen molar-refractivity contribution in [2.24, 2.45) is 5.73 Å². The third-order valence-electron chi connectivity index (χ3n) is 2.92. The van der Waals surface area contributed by atoms with Crippen LogP contribution in [0.2, 0.25) is 0 Å². The number of amides is 1. The Morgan fingerprint density at radius 2 is 1.95 bits per heavy atom. The number of primary amides is 1. The van der Waals surface area contributed by atoms with E-state index in [2.05, 4.69) is 10.3 Å². The molecule has 0 aliphatic rings. The van der Waals surface area contributed by atoms with Crippen molar-refractivity contribution >= 4 is 5.91 Å². The van der Waals surface area contributed by atoms with Gasteiger partial charge in [0.15, 0.2) is 0 Å². The summed E-state index contributed by atoms with van der Waals surface area (Å²) in [5.41, 5.74) is 5.35. The second kappa shape index (κ2) is 6.67. The molecule has 0 atom stereocenters. The van der Waals surface area contributed by atoms with Crippen LogP contribution in [0.3, 0.4) is 0 Å². The fourth-order valence-electron chi connectivity index (χ4n) is 1.91. The molecule has 0 fully saturated rings. The Hall–Kier alpha value is -2.67. The lowest BCUT2D eigenvalue weighted by molar-refractivity contribution is -0.117. The Bertz CT molecular complexity index is 703. The van der Waals surface area contributed by atoms with Gasteiger partial charge in [-0.15, -0.1) is 0 Å². The van der Waals surface area contributed by atoms with Crippen LogP contribution in [-0.4, -0.2) is 28.5 Å². The van der Waals surface area contributed by atoms with Crippen LogP contribution in [0, 0.1) is 0 Å². The van der Waals surface area contributed by atoms with Gasteiger partial charge in [0.1, 0.15) is 0 Å². The molecule has 21 heavy (non-hydrogen) atoms. The highest BCUT2D eigenvalue weighted by atomic mass is 16.2. The number of benzene rings is 1. The van der Waals surface area contributed by atoms with Crippen LogP contribution in [0.25, 0.3) is 11.3 Å². The Morgan fingerprint density at radius 3 is 2.57 bits per heavy atom. The zero-order chi connectivity index (χ0) is 15.2. The minimum atomic E-state index is -0.490. The van der Waals surface area contributed by atoms with E-state index in [9.17, 15) is 14.4 Å². The number of nitrogens with two attached hydrogens (primary N) is 1. The average molecular weight is 288 g/mol. The predicted molar refractivity (Wildman–Crippen MR) is 78.8 cm³/mol. The van der Waals surface area contributed by atoms with Gasteiger partial charge in [0.05, 0.1) is 12.2 Å². The number of carbonyl (C=O) groups excluding carboxylic acids is 1. The molecule has 110 valence electrons. The fraction of sp³-hybridized carbons (Fsp3) is 0.214. The maximum absolute atomic E-state index is 12.0. The topological polar surface area (TPSA) is 110 Å². The van der Waals surface area contributed by atoms with E-state index < -0.39 is 17.2 Å². The normalized spacial score (nSPS) is 10.5. The number of nitrogens with one attached hydrogen (secondary N) is 2. The summed E-state index contributed by atoms with van der Waals surface area (Å²) in [6, 6.07) is 10.5. The summed E-state index contributed by atoms with van der Waals surface area (Å²) in [6.45, 7) is 0.474. The molecule has 1 amide bonds. The Kier molecular flexibility index (Phi) is 4.68. The van der Waals surface area contributed by atoms with Crippen LogP contribution >= 0.6 is 0 Å². The third kappa shape index (κ3) is 3.90. The van der Waals surface area contributed by atoms with Crippen LogP contribution in [0.1, 0.15) is 0 Å². The quantitative estimate of drug-likeness (QED) is 0.609. The molecule has 0 saturated carbocycles. The van der Waals surface area contributed by atoms with Crippen LogP contribution in [0.5, 0.6) is 0 Å². The molecular formula is C14H16N4O3. The minimum absolute atomic E-state index is 0.00868. The van der Waals surface area contributed by atoms with Crippen molar-refractivity contribution in [3.05, 3.63) is 57.2 Å². The zero-order valence-electron chi connectivity index (χ0n) is 11.3. The van der Waals surface area contributed by atoms with E-state index >= 15 is 0 Å². The molecule has 1 aromatic carbocycles. The van der Waals surface area contributed by atoms with E-state index in [4.69, 9.17) is 5.73 Å². The summed E-state index contributed by atoms with van der Waals surface area (Å²) in [5.74, 6) is -0.490.